The molecule has 8 unspecified atom stereocenters. The first-order chi connectivity index (χ1) is 10.8. The van der Waals surface area contributed by atoms with Gasteiger partial charge in [-0.2, -0.15) is 13.2 Å². The third kappa shape index (κ3) is 2.24. The number of carbonyl (C=O) groups is 1. The molecule has 4 aliphatic carbocycles. The molecule has 4 bridgehead atoms. The van der Waals surface area contributed by atoms with E-state index in [-0.39, 0.29) is 18.6 Å². The zero-order chi connectivity index (χ0) is 16.5. The van der Waals surface area contributed by atoms with Gasteiger partial charge in [0.15, 0.2) is 0 Å². The van der Waals surface area contributed by atoms with E-state index in [2.05, 4.69) is 6.58 Å². The summed E-state index contributed by atoms with van der Waals surface area (Å²) in [5.41, 5.74) is -1.43. The minimum absolute atomic E-state index is 0.0677. The number of aliphatic hydroxyl groups excluding tert-OH is 1. The molecule has 6 heteroatoms. The molecule has 3 nitrogen and oxygen atoms in total. The normalized spacial score (nSPS) is 47.0. The highest BCUT2D eigenvalue weighted by molar-refractivity contribution is 5.89. The lowest BCUT2D eigenvalue weighted by molar-refractivity contribution is -0.152. The Kier molecular flexibility index (Phi) is 3.35. The van der Waals surface area contributed by atoms with Gasteiger partial charge in [-0.1, -0.05) is 6.58 Å². The summed E-state index contributed by atoms with van der Waals surface area (Å²) >= 11 is 0. The van der Waals surface area contributed by atoms with Crippen molar-refractivity contribution in [1.82, 2.24) is 0 Å². The van der Waals surface area contributed by atoms with Crippen molar-refractivity contribution in [1.29, 1.82) is 0 Å². The van der Waals surface area contributed by atoms with Crippen LogP contribution in [0.4, 0.5) is 13.2 Å². The van der Waals surface area contributed by atoms with E-state index in [1.807, 2.05) is 0 Å². The van der Waals surface area contributed by atoms with Crippen molar-refractivity contribution in [2.45, 2.75) is 38.0 Å². The molecule has 0 aromatic heterocycles. The first kappa shape index (κ1) is 15.5. The molecule has 0 aromatic rings. The van der Waals surface area contributed by atoms with E-state index in [9.17, 15) is 23.1 Å². The summed E-state index contributed by atoms with van der Waals surface area (Å²) in [5.74, 6) is 1.96. The zero-order valence-electron chi connectivity index (χ0n) is 12.8. The standard InChI is InChI=1S/C17H21F3O3/c1-7(17(18,19)20)16(22)23-6-10-2-8-3-11(10)14-9-4-12(15(8)14)13(21)5-9/h8-15,21H,1-6H2. The summed E-state index contributed by atoms with van der Waals surface area (Å²) in [5, 5.41) is 10.1. The van der Waals surface area contributed by atoms with E-state index in [0.29, 0.717) is 35.5 Å². The Morgan fingerprint density at radius 3 is 2.39 bits per heavy atom. The van der Waals surface area contributed by atoms with Crippen LogP contribution in [0.25, 0.3) is 0 Å². The van der Waals surface area contributed by atoms with Crippen LogP contribution in [0.1, 0.15) is 25.7 Å². The molecule has 0 saturated heterocycles. The van der Waals surface area contributed by atoms with Gasteiger partial charge in [0.1, 0.15) is 5.57 Å². The average molecular weight is 330 g/mol. The average Bonchev–Trinajstić information content (AvgIpc) is 3.19. The number of fused-ring (bicyclic) bond motifs is 9. The van der Waals surface area contributed by atoms with Gasteiger partial charge in [0, 0.05) is 0 Å². The Morgan fingerprint density at radius 1 is 1.09 bits per heavy atom. The van der Waals surface area contributed by atoms with Gasteiger partial charge >= 0.3 is 12.1 Å². The van der Waals surface area contributed by atoms with E-state index in [4.69, 9.17) is 4.74 Å². The molecule has 128 valence electrons. The number of carbonyl (C=O) groups excluding carboxylic acids is 1. The monoisotopic (exact) mass is 330 g/mol. The quantitative estimate of drug-likeness (QED) is 0.492. The Labute approximate surface area is 132 Å². The molecular weight excluding hydrogens is 309 g/mol. The van der Waals surface area contributed by atoms with Crippen molar-refractivity contribution in [2.24, 2.45) is 41.4 Å². The fourth-order valence-corrected chi connectivity index (χ4v) is 6.28. The summed E-state index contributed by atoms with van der Waals surface area (Å²) < 4.78 is 42.2. The Bertz CT molecular complexity index is 544. The molecule has 23 heavy (non-hydrogen) atoms. The number of hydrogen-bond acceptors (Lipinski definition) is 3. The molecule has 0 heterocycles. The molecule has 0 aromatic carbocycles. The van der Waals surface area contributed by atoms with Crippen molar-refractivity contribution >= 4 is 5.97 Å². The predicted molar refractivity (Wildman–Crippen MR) is 75.1 cm³/mol. The molecular formula is C17H21F3O3. The van der Waals surface area contributed by atoms with Crippen molar-refractivity contribution in [3.63, 3.8) is 0 Å². The molecule has 0 amide bonds. The molecule has 0 radical (unpaired) electrons. The van der Waals surface area contributed by atoms with Crippen LogP contribution in [0.2, 0.25) is 0 Å². The zero-order valence-corrected chi connectivity index (χ0v) is 12.8. The maximum Gasteiger partial charge on any atom is 0.422 e. The molecule has 1 N–H and O–H groups in total. The van der Waals surface area contributed by atoms with Gasteiger partial charge in [0.25, 0.3) is 0 Å². The fourth-order valence-electron chi connectivity index (χ4n) is 6.28. The van der Waals surface area contributed by atoms with Crippen LogP contribution in [0.15, 0.2) is 12.2 Å². The highest BCUT2D eigenvalue weighted by Crippen LogP contribution is 2.68. The number of alkyl halides is 3. The van der Waals surface area contributed by atoms with Gasteiger partial charge in [-0.15, -0.1) is 0 Å². The van der Waals surface area contributed by atoms with Crippen LogP contribution < -0.4 is 0 Å². The minimum Gasteiger partial charge on any atom is -0.462 e. The van der Waals surface area contributed by atoms with Crippen LogP contribution >= 0.6 is 0 Å². The first-order valence-corrected chi connectivity index (χ1v) is 8.38. The Balaban J connectivity index is 1.37. The SMILES string of the molecule is C=C(C(=O)OCC1CC2CC1C1C3CC(O)C(C3)C21)C(F)(F)F. The maximum atomic E-state index is 12.4. The van der Waals surface area contributed by atoms with Gasteiger partial charge < -0.3 is 9.84 Å². The Hall–Kier alpha value is -1.04. The molecule has 0 aliphatic heterocycles. The van der Waals surface area contributed by atoms with Gasteiger partial charge in [0.05, 0.1) is 12.7 Å². The Morgan fingerprint density at radius 2 is 1.70 bits per heavy atom. The number of aliphatic hydroxyl groups is 1. The largest absolute Gasteiger partial charge is 0.462 e. The van der Waals surface area contributed by atoms with E-state index in [1.165, 1.54) is 0 Å². The van der Waals surface area contributed by atoms with Crippen molar-refractivity contribution < 1.29 is 27.8 Å². The topological polar surface area (TPSA) is 46.5 Å². The second-order valence-corrected chi connectivity index (χ2v) is 7.85. The second kappa shape index (κ2) is 4.98. The van der Waals surface area contributed by atoms with E-state index >= 15 is 0 Å². The maximum absolute atomic E-state index is 12.4. The van der Waals surface area contributed by atoms with Crippen LogP contribution in [0, 0.1) is 41.4 Å². The lowest BCUT2D eigenvalue weighted by atomic mass is 9.67. The molecule has 4 saturated carbocycles. The summed E-state index contributed by atoms with van der Waals surface area (Å²) in [6.07, 6.45) is -0.928. The van der Waals surface area contributed by atoms with Crippen LogP contribution in [0.5, 0.6) is 0 Å². The van der Waals surface area contributed by atoms with Crippen LogP contribution in [0.3, 0.4) is 0 Å². The lowest BCUT2D eigenvalue weighted by Gasteiger charge is -2.40. The molecule has 4 rings (SSSR count). The number of esters is 1. The van der Waals surface area contributed by atoms with Gasteiger partial charge in [0.2, 0.25) is 0 Å². The minimum atomic E-state index is -4.72. The molecule has 4 fully saturated rings. The van der Waals surface area contributed by atoms with Gasteiger partial charge in [-0.05, 0) is 67.1 Å². The number of rotatable bonds is 3. The lowest BCUT2D eigenvalue weighted by Crippen LogP contribution is -2.39. The van der Waals surface area contributed by atoms with Crippen LogP contribution in [-0.4, -0.2) is 30.0 Å². The second-order valence-electron chi connectivity index (χ2n) is 7.85. The number of halogens is 3. The number of hydrogen-bond donors (Lipinski definition) is 1. The van der Waals surface area contributed by atoms with E-state index in [0.717, 1.165) is 25.7 Å². The molecule has 0 spiro atoms. The molecule has 4 aliphatic rings. The summed E-state index contributed by atoms with van der Waals surface area (Å²) in [7, 11) is 0. The third-order valence-corrected chi connectivity index (χ3v) is 6.94. The highest BCUT2D eigenvalue weighted by Gasteiger charge is 2.64. The predicted octanol–water partition coefficient (Wildman–Crippen LogP) is 2.94. The number of ether oxygens (including phenoxy) is 1. The summed E-state index contributed by atoms with van der Waals surface area (Å²) in [6.45, 7) is 2.85. The van der Waals surface area contributed by atoms with Gasteiger partial charge in [-0.3, -0.25) is 0 Å². The van der Waals surface area contributed by atoms with Gasteiger partial charge in [-0.25, -0.2) is 4.79 Å². The third-order valence-electron chi connectivity index (χ3n) is 6.94. The van der Waals surface area contributed by atoms with Crippen molar-refractivity contribution in [3.8, 4) is 0 Å². The summed E-state index contributed by atoms with van der Waals surface area (Å²) in [4.78, 5) is 11.5. The highest BCUT2D eigenvalue weighted by atomic mass is 19.4. The first-order valence-electron chi connectivity index (χ1n) is 8.38. The van der Waals surface area contributed by atoms with Crippen molar-refractivity contribution in [2.75, 3.05) is 6.61 Å². The molecule has 8 atom stereocenters. The van der Waals surface area contributed by atoms with E-state index < -0.39 is 17.7 Å². The van der Waals surface area contributed by atoms with E-state index in [1.54, 1.807) is 0 Å². The fraction of sp³-hybridized carbons (Fsp3) is 0.824. The van der Waals surface area contributed by atoms with Crippen LogP contribution in [-0.2, 0) is 9.53 Å². The van der Waals surface area contributed by atoms with Crippen molar-refractivity contribution in [3.05, 3.63) is 12.2 Å². The smallest absolute Gasteiger partial charge is 0.422 e. The summed E-state index contributed by atoms with van der Waals surface area (Å²) in [6, 6.07) is 0.